The van der Waals surface area contributed by atoms with Gasteiger partial charge in [0.2, 0.25) is 6.29 Å². The number of rotatable bonds is 10. The summed E-state index contributed by atoms with van der Waals surface area (Å²) in [6, 6.07) is -1.09. The number of nitrogens with zero attached hydrogens (tertiary/aromatic N) is 3. The van der Waals surface area contributed by atoms with E-state index in [9.17, 15) is 28.8 Å². The quantitative estimate of drug-likeness (QED) is 0.0928. The number of allylic oxidation sites excluding steroid dienone is 1. The largest absolute Gasteiger partial charge is 0.462 e. The van der Waals surface area contributed by atoms with Gasteiger partial charge >= 0.3 is 23.9 Å². The van der Waals surface area contributed by atoms with Crippen molar-refractivity contribution in [3.05, 3.63) is 34.5 Å². The van der Waals surface area contributed by atoms with E-state index in [1.54, 1.807) is 0 Å². The van der Waals surface area contributed by atoms with Gasteiger partial charge in [-0.15, -0.1) is 23.1 Å². The van der Waals surface area contributed by atoms with E-state index < -0.39 is 53.4 Å². The molecule has 3 N–H and O–H groups in total. The number of thioether (sulfide) groups is 1. The van der Waals surface area contributed by atoms with Crippen LogP contribution in [0.1, 0.15) is 33.4 Å². The number of oxime groups is 1. The number of ether oxygens (including phenoxy) is 3. The molecule has 0 spiro atoms. The Bertz CT molecular complexity index is 1320. The zero-order valence-corrected chi connectivity index (χ0v) is 23.3. The van der Waals surface area contributed by atoms with Gasteiger partial charge < -0.3 is 30.1 Å². The molecule has 1 saturated heterocycles. The smallest absolute Gasteiger partial charge is 0.358 e. The number of nitrogen functional groups attached to an aromatic ring is 1. The molecule has 3 atom stereocenters. The second kappa shape index (κ2) is 13.2. The number of thiazole rings is 1. The first-order valence-electron chi connectivity index (χ1n) is 11.5. The molecule has 214 valence electrons. The van der Waals surface area contributed by atoms with Crippen LogP contribution < -0.4 is 11.1 Å². The van der Waals surface area contributed by atoms with Crippen molar-refractivity contribution in [3.63, 3.8) is 0 Å². The van der Waals surface area contributed by atoms with E-state index in [2.05, 4.69) is 20.3 Å². The summed E-state index contributed by atoms with van der Waals surface area (Å²) in [6.45, 7) is 4.74. The average Bonchev–Trinajstić information content (AvgIpc) is 3.29. The van der Waals surface area contributed by atoms with Gasteiger partial charge in [-0.05, 0) is 11.6 Å². The lowest BCUT2D eigenvalue weighted by Crippen LogP contribution is -2.71. The molecular weight excluding hydrogens is 570 g/mol. The lowest BCUT2D eigenvalue weighted by Gasteiger charge is -2.49. The van der Waals surface area contributed by atoms with Gasteiger partial charge in [-0.25, -0.2) is 14.6 Å². The van der Waals surface area contributed by atoms with Crippen LogP contribution in [0.25, 0.3) is 0 Å². The maximum atomic E-state index is 13.2. The molecule has 1 fully saturated rings. The average molecular weight is 596 g/mol. The van der Waals surface area contributed by atoms with E-state index in [0.717, 1.165) is 30.1 Å². The highest BCUT2D eigenvalue weighted by molar-refractivity contribution is 8.00. The molecule has 0 saturated carbocycles. The Hall–Kier alpha value is -4.25. The van der Waals surface area contributed by atoms with Crippen LogP contribution >= 0.6 is 23.1 Å². The van der Waals surface area contributed by atoms with E-state index >= 15 is 0 Å². The highest BCUT2D eigenvalue weighted by atomic mass is 32.2. The third-order valence-corrected chi connectivity index (χ3v) is 7.01. The Labute approximate surface area is 235 Å². The monoisotopic (exact) mass is 595 g/mol. The van der Waals surface area contributed by atoms with Crippen molar-refractivity contribution in [2.45, 2.75) is 45.4 Å². The van der Waals surface area contributed by atoms with Gasteiger partial charge in [0.25, 0.3) is 11.8 Å². The van der Waals surface area contributed by atoms with Crippen LogP contribution in [-0.4, -0.2) is 81.4 Å². The zero-order chi connectivity index (χ0) is 29.6. The van der Waals surface area contributed by atoms with Gasteiger partial charge in [0, 0.05) is 38.8 Å². The maximum Gasteiger partial charge on any atom is 0.358 e. The Kier molecular flexibility index (Phi) is 10.0. The summed E-state index contributed by atoms with van der Waals surface area (Å²) in [5.41, 5.74) is 5.54. The van der Waals surface area contributed by atoms with Crippen molar-refractivity contribution in [2.75, 3.05) is 18.1 Å². The van der Waals surface area contributed by atoms with Crippen LogP contribution in [0, 0.1) is 0 Å². The van der Waals surface area contributed by atoms with Crippen molar-refractivity contribution in [1.29, 1.82) is 0 Å². The fourth-order valence-electron chi connectivity index (χ4n) is 3.50. The number of carbonyl (C=O) groups excluding carboxylic acids is 6. The predicted octanol–water partition coefficient (Wildman–Crippen LogP) is 0.218. The first-order chi connectivity index (χ1) is 18.9. The minimum Gasteiger partial charge on any atom is -0.462 e. The molecule has 0 aliphatic carbocycles. The topological polar surface area (TPSA) is 206 Å². The van der Waals surface area contributed by atoms with E-state index in [4.69, 9.17) is 19.9 Å². The minimum atomic E-state index is -1.24. The van der Waals surface area contributed by atoms with Crippen LogP contribution in [0.5, 0.6) is 0 Å². The number of nitrogens with two attached hydrogens (primary N) is 1. The molecule has 40 heavy (non-hydrogen) atoms. The van der Waals surface area contributed by atoms with Gasteiger partial charge in [-0.2, -0.15) is 0 Å². The number of hydrogen-bond donors (Lipinski definition) is 2. The molecular formula is C23H25N5O10S2. The van der Waals surface area contributed by atoms with Gasteiger partial charge in [-0.1, -0.05) is 11.2 Å². The third-order valence-electron chi connectivity index (χ3n) is 5.03. The molecule has 0 bridgehead atoms. The molecule has 15 nitrogen and oxygen atoms in total. The van der Waals surface area contributed by atoms with Gasteiger partial charge in [0.1, 0.15) is 29.4 Å². The number of anilines is 1. The fourth-order valence-corrected chi connectivity index (χ4v) is 5.37. The molecule has 0 radical (unpaired) electrons. The van der Waals surface area contributed by atoms with Crippen molar-refractivity contribution < 1.29 is 47.8 Å². The number of β-lactam (4-membered cyclic amide) rings is 1. The lowest BCUT2D eigenvalue weighted by molar-refractivity contribution is -0.182. The summed E-state index contributed by atoms with van der Waals surface area (Å²) in [7, 11) is 0. The maximum absolute atomic E-state index is 13.2. The van der Waals surface area contributed by atoms with Gasteiger partial charge in [0.15, 0.2) is 10.8 Å². The number of amides is 2. The number of esters is 3. The first kappa shape index (κ1) is 30.3. The Morgan fingerprint density at radius 2 is 1.93 bits per heavy atom. The van der Waals surface area contributed by atoms with Crippen molar-refractivity contribution in [1.82, 2.24) is 15.2 Å². The third kappa shape index (κ3) is 7.44. The molecule has 1 aromatic rings. The standard InChI is InChI=1S/C23H25N5O10S2/c1-10(29)35-7-5-6-14-8-39-21-17(20(33)28(21)18(14)22(34)37-13(4)36-11(2)30)26-19(32)16(27-38-12(3)31)15-9-40-23(24)25-15/h5-6,9,13,17,21H,7-8H2,1-4H3,(H2,24,25)(H,26,32)/b6-5-,27-16-/t13?,17-,21+/m1/s1. The van der Waals surface area contributed by atoms with Crippen molar-refractivity contribution in [2.24, 2.45) is 5.16 Å². The minimum absolute atomic E-state index is 0.0324. The highest BCUT2D eigenvalue weighted by Crippen LogP contribution is 2.41. The lowest BCUT2D eigenvalue weighted by atomic mass is 10.0. The number of aromatic nitrogens is 1. The molecule has 3 rings (SSSR count). The van der Waals surface area contributed by atoms with Crippen molar-refractivity contribution in [3.8, 4) is 0 Å². The van der Waals surface area contributed by atoms with Crippen LogP contribution in [0.3, 0.4) is 0 Å². The van der Waals surface area contributed by atoms with Crippen LogP contribution in [-0.2, 0) is 47.8 Å². The molecule has 2 amide bonds. The summed E-state index contributed by atoms with van der Waals surface area (Å²) in [6.07, 6.45) is 1.75. The molecule has 2 aliphatic heterocycles. The Balaban J connectivity index is 1.84. The first-order valence-corrected chi connectivity index (χ1v) is 13.5. The predicted molar refractivity (Wildman–Crippen MR) is 140 cm³/mol. The zero-order valence-electron chi connectivity index (χ0n) is 21.7. The van der Waals surface area contributed by atoms with Gasteiger partial charge in [0.05, 0.1) is 0 Å². The fraction of sp³-hybridized carbons (Fsp3) is 0.391. The summed E-state index contributed by atoms with van der Waals surface area (Å²) in [4.78, 5) is 82.6. The van der Waals surface area contributed by atoms with E-state index in [0.29, 0.717) is 5.57 Å². The SMILES string of the molecule is CC(=O)OC/C=C\C1=C(C(=O)OC(C)OC(C)=O)N2C(=O)[C@@H](NC(=O)/C(=N\OC(C)=O)c3csc(N)n3)[C@@H]2SC1. The number of carbonyl (C=O) groups is 6. The second-order valence-corrected chi connectivity index (χ2v) is 10.1. The van der Waals surface area contributed by atoms with Crippen molar-refractivity contribution >= 4 is 69.6 Å². The van der Waals surface area contributed by atoms with Gasteiger partial charge in [-0.3, -0.25) is 24.1 Å². The summed E-state index contributed by atoms with van der Waals surface area (Å²) in [5.74, 6) is -4.21. The summed E-state index contributed by atoms with van der Waals surface area (Å²) < 4.78 is 14.9. The molecule has 1 unspecified atom stereocenters. The number of nitrogens with one attached hydrogen (secondary N) is 1. The summed E-state index contributed by atoms with van der Waals surface area (Å²) >= 11 is 2.27. The van der Waals surface area contributed by atoms with Crippen LogP contribution in [0.2, 0.25) is 0 Å². The normalized spacial score (nSPS) is 19.4. The molecule has 3 heterocycles. The molecule has 17 heteroatoms. The van der Waals surface area contributed by atoms with E-state index in [1.807, 2.05) is 0 Å². The highest BCUT2D eigenvalue weighted by Gasteiger charge is 2.54. The Morgan fingerprint density at radius 1 is 1.20 bits per heavy atom. The summed E-state index contributed by atoms with van der Waals surface area (Å²) in [5, 5.41) is 6.94. The number of hydrogen-bond acceptors (Lipinski definition) is 15. The second-order valence-electron chi connectivity index (χ2n) is 8.12. The molecule has 1 aromatic heterocycles. The van der Waals surface area contributed by atoms with Crippen LogP contribution in [0.15, 0.2) is 34.0 Å². The molecule has 0 aromatic carbocycles. The molecule has 2 aliphatic rings. The number of fused-ring (bicyclic) bond motifs is 1. The Morgan fingerprint density at radius 3 is 2.52 bits per heavy atom. The van der Waals surface area contributed by atoms with Crippen LogP contribution in [0.4, 0.5) is 5.13 Å². The van der Waals surface area contributed by atoms with E-state index in [-0.39, 0.29) is 34.6 Å². The van der Waals surface area contributed by atoms with E-state index in [1.165, 1.54) is 43.1 Å².